The van der Waals surface area contributed by atoms with E-state index in [1.807, 2.05) is 56.0 Å². The maximum atomic E-state index is 13.3. The smallest absolute Gasteiger partial charge is 0.242 e. The molecule has 1 aromatic carbocycles. The summed E-state index contributed by atoms with van der Waals surface area (Å²) >= 11 is 1.72. The highest BCUT2D eigenvalue weighted by Gasteiger charge is 2.39. The summed E-state index contributed by atoms with van der Waals surface area (Å²) in [6.07, 6.45) is 1.89. The van der Waals surface area contributed by atoms with Gasteiger partial charge in [0.2, 0.25) is 11.8 Å². The van der Waals surface area contributed by atoms with E-state index < -0.39 is 0 Å². The van der Waals surface area contributed by atoms with Gasteiger partial charge < -0.3 is 9.80 Å². The molecule has 0 N–H and O–H groups in total. The van der Waals surface area contributed by atoms with Crippen LogP contribution in [0.2, 0.25) is 0 Å². The molecular weight excluding hydrogens is 368 g/mol. The van der Waals surface area contributed by atoms with Gasteiger partial charge in [-0.1, -0.05) is 30.3 Å². The predicted octanol–water partition coefficient (Wildman–Crippen LogP) is 4.62. The minimum atomic E-state index is -0.368. The lowest BCUT2D eigenvalue weighted by molar-refractivity contribution is -0.146. The van der Waals surface area contributed by atoms with Crippen molar-refractivity contribution in [1.82, 2.24) is 9.80 Å². The van der Waals surface area contributed by atoms with Gasteiger partial charge in [-0.2, -0.15) is 0 Å². The molecule has 1 aliphatic carbocycles. The van der Waals surface area contributed by atoms with Crippen molar-refractivity contribution < 1.29 is 9.59 Å². The molecule has 1 saturated carbocycles. The summed E-state index contributed by atoms with van der Waals surface area (Å²) in [5, 5.41) is 0. The number of hydrogen-bond acceptors (Lipinski definition) is 3. The summed E-state index contributed by atoms with van der Waals surface area (Å²) in [6.45, 7) is 9.34. The second-order valence-corrected chi connectivity index (χ2v) is 9.99. The Balaban J connectivity index is 1.78. The van der Waals surface area contributed by atoms with Crippen molar-refractivity contribution >= 4 is 23.2 Å². The Kier molecular flexibility index (Phi) is 6.23. The van der Waals surface area contributed by atoms with E-state index >= 15 is 0 Å². The molecule has 4 nitrogen and oxygen atoms in total. The van der Waals surface area contributed by atoms with Crippen molar-refractivity contribution in [3.8, 4) is 0 Å². The molecule has 2 amide bonds. The summed E-state index contributed by atoms with van der Waals surface area (Å²) in [5.41, 5.74) is 0.729. The van der Waals surface area contributed by atoms with Crippen LogP contribution in [-0.4, -0.2) is 33.7 Å². The average Bonchev–Trinajstić information content (AvgIpc) is 3.41. The van der Waals surface area contributed by atoms with Crippen LogP contribution in [0, 0.1) is 12.8 Å². The third-order valence-electron chi connectivity index (χ3n) is 5.01. The Bertz CT molecular complexity index is 819. The maximum absolute atomic E-state index is 13.3. The predicted molar refractivity (Wildman–Crippen MR) is 114 cm³/mol. The highest BCUT2D eigenvalue weighted by Crippen LogP contribution is 2.33. The first-order valence-corrected chi connectivity index (χ1v) is 10.7. The highest BCUT2D eigenvalue weighted by molar-refractivity contribution is 7.11. The monoisotopic (exact) mass is 398 g/mol. The number of hydrogen-bond donors (Lipinski definition) is 0. The van der Waals surface area contributed by atoms with Gasteiger partial charge in [0.15, 0.2) is 0 Å². The lowest BCUT2D eigenvalue weighted by Gasteiger charge is -2.37. The van der Waals surface area contributed by atoms with Crippen LogP contribution < -0.4 is 0 Å². The van der Waals surface area contributed by atoms with E-state index in [1.54, 1.807) is 16.2 Å². The summed E-state index contributed by atoms with van der Waals surface area (Å²) < 4.78 is 0. The minimum Gasteiger partial charge on any atom is -0.332 e. The van der Waals surface area contributed by atoms with Crippen LogP contribution >= 0.6 is 11.3 Å². The molecule has 150 valence electrons. The Hall–Kier alpha value is -2.14. The molecule has 0 saturated heterocycles. The molecule has 1 aromatic heterocycles. The number of rotatable bonds is 7. The topological polar surface area (TPSA) is 40.6 Å². The van der Waals surface area contributed by atoms with Gasteiger partial charge in [0.25, 0.3) is 0 Å². The molecule has 28 heavy (non-hydrogen) atoms. The quantitative estimate of drug-likeness (QED) is 0.683. The summed E-state index contributed by atoms with van der Waals surface area (Å²) in [6, 6.07) is 14.2. The van der Waals surface area contributed by atoms with Crippen molar-refractivity contribution in [3.05, 3.63) is 57.8 Å². The van der Waals surface area contributed by atoms with Gasteiger partial charge in [-0.15, -0.1) is 11.3 Å². The van der Waals surface area contributed by atoms with Crippen molar-refractivity contribution in [3.63, 3.8) is 0 Å². The first-order chi connectivity index (χ1) is 13.2. The molecule has 0 radical (unpaired) electrons. The minimum absolute atomic E-state index is 0.00108. The standard InChI is InChI=1S/C23H30N2O2S/c1-17-10-13-20(28-17)15-24(14-18-8-6-5-7-9-18)21(26)16-25(23(2,3)4)22(27)19-11-12-19/h5-10,13,19H,11-12,14-16H2,1-4H3. The fourth-order valence-electron chi connectivity index (χ4n) is 3.23. The van der Waals surface area contributed by atoms with E-state index in [-0.39, 0.29) is 29.8 Å². The number of thiophene rings is 1. The molecule has 0 atom stereocenters. The van der Waals surface area contributed by atoms with Gasteiger partial charge in [0.1, 0.15) is 6.54 Å². The van der Waals surface area contributed by atoms with Gasteiger partial charge in [-0.25, -0.2) is 0 Å². The number of aryl methyl sites for hydroxylation is 1. The van der Waals surface area contributed by atoms with Crippen LogP contribution in [0.25, 0.3) is 0 Å². The fourth-order valence-corrected chi connectivity index (χ4v) is 4.13. The zero-order valence-corrected chi connectivity index (χ0v) is 18.1. The molecule has 0 aliphatic heterocycles. The SMILES string of the molecule is Cc1ccc(CN(Cc2ccccc2)C(=O)CN(C(=O)C2CC2)C(C)(C)C)s1. The van der Waals surface area contributed by atoms with E-state index in [9.17, 15) is 9.59 Å². The third-order valence-corrected chi connectivity index (χ3v) is 5.99. The first kappa shape index (κ1) is 20.6. The lowest BCUT2D eigenvalue weighted by atomic mass is 10.0. The number of nitrogens with zero attached hydrogens (tertiary/aromatic N) is 2. The normalized spacial score (nSPS) is 14.0. The van der Waals surface area contributed by atoms with Gasteiger partial charge in [0.05, 0.1) is 6.54 Å². The molecule has 1 fully saturated rings. The molecule has 5 heteroatoms. The van der Waals surface area contributed by atoms with Gasteiger partial charge >= 0.3 is 0 Å². The summed E-state index contributed by atoms with van der Waals surface area (Å²) in [7, 11) is 0. The highest BCUT2D eigenvalue weighted by atomic mass is 32.1. The summed E-state index contributed by atoms with van der Waals surface area (Å²) in [5.74, 6) is 0.223. The Morgan fingerprint density at radius 2 is 1.71 bits per heavy atom. The van der Waals surface area contributed by atoms with Crippen LogP contribution in [0.1, 0.15) is 48.9 Å². The molecule has 3 rings (SSSR count). The van der Waals surface area contributed by atoms with E-state index in [4.69, 9.17) is 0 Å². The number of carbonyl (C=O) groups excluding carboxylic acids is 2. The third kappa shape index (κ3) is 5.44. The van der Waals surface area contributed by atoms with E-state index in [0.29, 0.717) is 13.1 Å². The first-order valence-electron chi connectivity index (χ1n) is 9.92. The summed E-state index contributed by atoms with van der Waals surface area (Å²) in [4.78, 5) is 32.1. The molecule has 0 spiro atoms. The lowest BCUT2D eigenvalue weighted by Crippen LogP contribution is -2.51. The largest absolute Gasteiger partial charge is 0.332 e. The fraction of sp³-hybridized carbons (Fsp3) is 0.478. The Morgan fingerprint density at radius 1 is 1.04 bits per heavy atom. The second kappa shape index (κ2) is 8.48. The molecule has 1 aliphatic rings. The van der Waals surface area contributed by atoms with Crippen molar-refractivity contribution in [2.75, 3.05) is 6.54 Å². The molecule has 1 heterocycles. The van der Waals surface area contributed by atoms with Crippen LogP contribution in [0.5, 0.6) is 0 Å². The van der Waals surface area contributed by atoms with Crippen LogP contribution in [0.4, 0.5) is 0 Å². The maximum Gasteiger partial charge on any atom is 0.242 e. The number of carbonyl (C=O) groups is 2. The molecule has 2 aromatic rings. The zero-order valence-electron chi connectivity index (χ0n) is 17.3. The van der Waals surface area contributed by atoms with E-state index in [0.717, 1.165) is 23.3 Å². The number of amides is 2. The van der Waals surface area contributed by atoms with E-state index in [2.05, 4.69) is 19.1 Å². The van der Waals surface area contributed by atoms with Crippen LogP contribution in [-0.2, 0) is 22.7 Å². The zero-order chi connectivity index (χ0) is 20.3. The van der Waals surface area contributed by atoms with Crippen molar-refractivity contribution in [2.45, 2.75) is 59.2 Å². The molecule has 0 bridgehead atoms. The Labute approximate surface area is 172 Å². The van der Waals surface area contributed by atoms with Crippen LogP contribution in [0.3, 0.4) is 0 Å². The van der Waals surface area contributed by atoms with Crippen molar-refractivity contribution in [1.29, 1.82) is 0 Å². The van der Waals surface area contributed by atoms with Gasteiger partial charge in [-0.3, -0.25) is 9.59 Å². The Morgan fingerprint density at radius 3 is 2.25 bits per heavy atom. The number of benzene rings is 1. The molecule has 0 unspecified atom stereocenters. The van der Waals surface area contributed by atoms with Gasteiger partial charge in [-0.05, 0) is 58.2 Å². The molecular formula is C23H30N2O2S. The second-order valence-electron chi connectivity index (χ2n) is 8.62. The van der Waals surface area contributed by atoms with Crippen LogP contribution in [0.15, 0.2) is 42.5 Å². The van der Waals surface area contributed by atoms with Gasteiger partial charge in [0, 0.05) is 27.8 Å². The van der Waals surface area contributed by atoms with E-state index in [1.165, 1.54) is 4.88 Å². The van der Waals surface area contributed by atoms with Crippen molar-refractivity contribution in [2.24, 2.45) is 5.92 Å². The average molecular weight is 399 g/mol.